The van der Waals surface area contributed by atoms with Gasteiger partial charge in [0.05, 0.1) is 0 Å². The Morgan fingerprint density at radius 2 is 1.12 bits per heavy atom. The number of carbonyl (C=O) groups excluding carboxylic acids is 1. The summed E-state index contributed by atoms with van der Waals surface area (Å²) < 4.78 is 155. The highest BCUT2D eigenvalue weighted by Crippen LogP contribution is 2.58. The minimum Gasteiger partial charge on any atom is -0.338 e. The number of carbonyl (C=O) groups is 1. The van der Waals surface area contributed by atoms with Gasteiger partial charge in [0, 0.05) is 13.1 Å². The van der Waals surface area contributed by atoms with Crippen molar-refractivity contribution in [3.63, 3.8) is 0 Å². The molecular weight excluding hydrogens is 390 g/mol. The maximum Gasteiger partial charge on any atom is 0.392 e. The van der Waals surface area contributed by atoms with E-state index < -0.39 is 55.0 Å². The van der Waals surface area contributed by atoms with E-state index in [2.05, 4.69) is 0 Å². The van der Waals surface area contributed by atoms with Crippen molar-refractivity contribution in [2.45, 2.75) is 49.9 Å². The van der Waals surface area contributed by atoms with Crippen LogP contribution >= 0.6 is 0 Å². The number of hydrogen-bond acceptors (Lipinski definition) is 1. The van der Waals surface area contributed by atoms with Gasteiger partial charge in [0.15, 0.2) is 0 Å². The van der Waals surface area contributed by atoms with Crippen molar-refractivity contribution in [3.8, 4) is 0 Å². The fourth-order valence-corrected chi connectivity index (χ4v) is 1.58. The Morgan fingerprint density at radius 3 is 1.40 bits per heavy atom. The Hall–Kier alpha value is -1.37. The first-order valence-electron chi connectivity index (χ1n) is 6.34. The zero-order valence-electron chi connectivity index (χ0n) is 12.4. The van der Waals surface area contributed by atoms with E-state index in [9.17, 15) is 57.5 Å². The highest BCUT2D eigenvalue weighted by molar-refractivity contribution is 5.85. The van der Waals surface area contributed by atoms with Gasteiger partial charge in [0.1, 0.15) is 0 Å². The van der Waals surface area contributed by atoms with E-state index in [-0.39, 0.29) is 4.90 Å². The molecular formula is C11H11F12NO. The van der Waals surface area contributed by atoms with Crippen LogP contribution in [-0.4, -0.2) is 59.9 Å². The molecule has 0 N–H and O–H groups in total. The van der Waals surface area contributed by atoms with Gasteiger partial charge in [-0.15, -0.1) is 0 Å². The summed E-state index contributed by atoms with van der Waals surface area (Å²) in [5.74, 6) is -39.4. The van der Waals surface area contributed by atoms with Gasteiger partial charge in [-0.25, -0.2) is 8.78 Å². The number of rotatable bonds is 8. The molecule has 1 amide bonds. The summed E-state index contributed by atoms with van der Waals surface area (Å²) in [6.45, 7) is 0.396. The van der Waals surface area contributed by atoms with Crippen LogP contribution < -0.4 is 0 Å². The summed E-state index contributed by atoms with van der Waals surface area (Å²) >= 11 is 0. The van der Waals surface area contributed by atoms with Gasteiger partial charge in [-0.1, -0.05) is 0 Å². The lowest BCUT2D eigenvalue weighted by atomic mass is 9.93. The predicted octanol–water partition coefficient (Wildman–Crippen LogP) is 4.30. The van der Waals surface area contributed by atoms with Crippen molar-refractivity contribution in [1.82, 2.24) is 4.90 Å². The Labute approximate surface area is 132 Å². The molecule has 0 spiro atoms. The van der Waals surface area contributed by atoms with E-state index in [0.717, 1.165) is 13.8 Å². The molecule has 0 bridgehead atoms. The van der Waals surface area contributed by atoms with E-state index in [1.54, 1.807) is 0 Å². The molecule has 0 aliphatic heterocycles. The highest BCUT2D eigenvalue weighted by Gasteiger charge is 2.89. The molecule has 14 heteroatoms. The summed E-state index contributed by atoms with van der Waals surface area (Å²) in [6.07, 6.45) is -5.57. The molecule has 0 fully saturated rings. The summed E-state index contributed by atoms with van der Waals surface area (Å²) in [4.78, 5) is 11.1. The molecule has 0 rings (SSSR count). The van der Waals surface area contributed by atoms with Gasteiger partial charge in [0.2, 0.25) is 0 Å². The van der Waals surface area contributed by atoms with Crippen LogP contribution in [0.5, 0.6) is 0 Å². The Kier molecular flexibility index (Phi) is 6.37. The molecule has 2 nitrogen and oxygen atoms in total. The molecule has 25 heavy (non-hydrogen) atoms. The van der Waals surface area contributed by atoms with Gasteiger partial charge in [0.25, 0.3) is 5.91 Å². The van der Waals surface area contributed by atoms with E-state index in [1.807, 2.05) is 0 Å². The molecule has 0 aliphatic carbocycles. The summed E-state index contributed by atoms with van der Waals surface area (Å²) in [6, 6.07) is 0. The summed E-state index contributed by atoms with van der Waals surface area (Å²) in [5.41, 5.74) is 0. The third kappa shape index (κ3) is 3.23. The molecule has 0 atom stereocenters. The van der Waals surface area contributed by atoms with Crippen molar-refractivity contribution in [2.24, 2.45) is 0 Å². The molecule has 0 aromatic heterocycles. The van der Waals surface area contributed by atoms with Crippen LogP contribution in [0.3, 0.4) is 0 Å². The topological polar surface area (TPSA) is 20.3 Å². The van der Waals surface area contributed by atoms with Gasteiger partial charge in [-0.3, -0.25) is 4.79 Å². The standard InChI is InChI=1S/C11H11F12NO/c1-3-24(4-2)6(25)8(16,17)10(20,21)11(22,23)9(18,19)7(14,15)5(12)13/h5H,3-4H2,1-2H3. The quantitative estimate of drug-likeness (QED) is 0.556. The first-order valence-corrected chi connectivity index (χ1v) is 6.34. The lowest BCUT2D eigenvalue weighted by Crippen LogP contribution is -2.71. The third-order valence-corrected chi connectivity index (χ3v) is 3.19. The van der Waals surface area contributed by atoms with Crippen molar-refractivity contribution < 1.29 is 57.5 Å². The first kappa shape index (κ1) is 23.6. The van der Waals surface area contributed by atoms with E-state index in [1.165, 1.54) is 0 Å². The normalized spacial score (nSPS) is 14.8. The van der Waals surface area contributed by atoms with Gasteiger partial charge in [-0.05, 0) is 13.8 Å². The molecule has 0 heterocycles. The van der Waals surface area contributed by atoms with Crippen LogP contribution in [0.25, 0.3) is 0 Å². The maximum absolute atomic E-state index is 13.4. The Balaban J connectivity index is 6.25. The molecule has 0 radical (unpaired) electrons. The van der Waals surface area contributed by atoms with Crippen LogP contribution in [-0.2, 0) is 4.79 Å². The Bertz CT molecular complexity index is 485. The minimum absolute atomic E-state index is 0.159. The van der Waals surface area contributed by atoms with Crippen molar-refractivity contribution >= 4 is 5.91 Å². The van der Waals surface area contributed by atoms with Crippen molar-refractivity contribution in [3.05, 3.63) is 0 Å². The molecule has 0 saturated carbocycles. The lowest BCUT2D eigenvalue weighted by Gasteiger charge is -2.39. The summed E-state index contributed by atoms with van der Waals surface area (Å²) in [7, 11) is 0. The molecule has 150 valence electrons. The highest BCUT2D eigenvalue weighted by atomic mass is 19.4. The van der Waals surface area contributed by atoms with Crippen LogP contribution in [0.1, 0.15) is 13.8 Å². The lowest BCUT2D eigenvalue weighted by molar-refractivity contribution is -0.407. The fraction of sp³-hybridized carbons (Fsp3) is 0.909. The van der Waals surface area contributed by atoms with Crippen LogP contribution in [0.2, 0.25) is 0 Å². The minimum atomic E-state index is -7.69. The number of hydrogen-bond donors (Lipinski definition) is 0. The van der Waals surface area contributed by atoms with Gasteiger partial charge < -0.3 is 4.90 Å². The van der Waals surface area contributed by atoms with Crippen LogP contribution in [0.15, 0.2) is 0 Å². The van der Waals surface area contributed by atoms with E-state index in [0.29, 0.717) is 0 Å². The zero-order valence-corrected chi connectivity index (χ0v) is 12.4. The second kappa shape index (κ2) is 6.74. The fourth-order valence-electron chi connectivity index (χ4n) is 1.58. The average molecular weight is 401 g/mol. The zero-order chi connectivity index (χ0) is 20.6. The van der Waals surface area contributed by atoms with Crippen molar-refractivity contribution in [2.75, 3.05) is 13.1 Å². The molecule has 0 saturated heterocycles. The number of halogens is 12. The number of nitrogens with zero attached hydrogens (tertiary/aromatic N) is 1. The monoisotopic (exact) mass is 401 g/mol. The second-order valence-corrected chi connectivity index (χ2v) is 4.70. The predicted molar refractivity (Wildman–Crippen MR) is 58.7 cm³/mol. The molecule has 0 unspecified atom stereocenters. The largest absolute Gasteiger partial charge is 0.392 e. The molecule has 0 aromatic rings. The SMILES string of the molecule is CCN(CC)C(=O)C(F)(F)C(F)(F)C(F)(F)C(F)(F)C(F)(F)C(F)F. The van der Waals surface area contributed by atoms with Gasteiger partial charge >= 0.3 is 36.0 Å². The van der Waals surface area contributed by atoms with E-state index >= 15 is 0 Å². The maximum atomic E-state index is 13.4. The number of alkyl halides is 12. The second-order valence-electron chi connectivity index (χ2n) is 4.70. The average Bonchev–Trinajstić information content (AvgIpc) is 2.47. The van der Waals surface area contributed by atoms with E-state index in [4.69, 9.17) is 0 Å². The van der Waals surface area contributed by atoms with Gasteiger partial charge in [-0.2, -0.15) is 43.9 Å². The third-order valence-electron chi connectivity index (χ3n) is 3.19. The van der Waals surface area contributed by atoms with Crippen molar-refractivity contribution in [1.29, 1.82) is 0 Å². The van der Waals surface area contributed by atoms with Crippen LogP contribution in [0, 0.1) is 0 Å². The summed E-state index contributed by atoms with van der Waals surface area (Å²) in [5, 5.41) is 0. The smallest absolute Gasteiger partial charge is 0.338 e. The molecule has 0 aromatic carbocycles. The number of amides is 1. The first-order chi connectivity index (χ1) is 10.9. The Morgan fingerprint density at radius 1 is 0.760 bits per heavy atom. The van der Waals surface area contributed by atoms with Crippen LogP contribution in [0.4, 0.5) is 52.7 Å². The molecule has 0 aliphatic rings.